The van der Waals surface area contributed by atoms with Gasteiger partial charge in [0.1, 0.15) is 5.56 Å². The summed E-state index contributed by atoms with van der Waals surface area (Å²) in [5, 5.41) is 15.8. The molecule has 1 atom stereocenters. The van der Waals surface area contributed by atoms with E-state index in [1.165, 1.54) is 7.11 Å². The fraction of sp³-hybridized carbons (Fsp3) is 0.667. The first kappa shape index (κ1) is 14.5. The molecular formula is C12H21N3O3. The lowest BCUT2D eigenvalue weighted by Crippen LogP contribution is -2.33. The van der Waals surface area contributed by atoms with Gasteiger partial charge in [-0.3, -0.25) is 4.79 Å². The van der Waals surface area contributed by atoms with Crippen LogP contribution in [0.2, 0.25) is 0 Å². The van der Waals surface area contributed by atoms with Crippen LogP contribution in [0.1, 0.15) is 35.8 Å². The highest BCUT2D eigenvalue weighted by Gasteiger charge is 2.22. The first-order valence-electron chi connectivity index (χ1n) is 6.00. The van der Waals surface area contributed by atoms with Crippen LogP contribution in [0.3, 0.4) is 0 Å². The van der Waals surface area contributed by atoms with Crippen LogP contribution in [-0.2, 0) is 7.05 Å². The maximum atomic E-state index is 12.1. The van der Waals surface area contributed by atoms with Crippen molar-refractivity contribution in [1.29, 1.82) is 0 Å². The van der Waals surface area contributed by atoms with Crippen molar-refractivity contribution in [2.45, 2.75) is 32.7 Å². The molecule has 6 nitrogen and oxygen atoms in total. The van der Waals surface area contributed by atoms with Gasteiger partial charge in [0.05, 0.1) is 12.8 Å². The Balaban J connectivity index is 2.78. The number of ether oxygens (including phenoxy) is 1. The van der Waals surface area contributed by atoms with E-state index in [1.54, 1.807) is 18.7 Å². The van der Waals surface area contributed by atoms with Crippen molar-refractivity contribution in [2.24, 2.45) is 7.05 Å². The molecule has 0 aliphatic rings. The highest BCUT2D eigenvalue weighted by Crippen LogP contribution is 2.20. The summed E-state index contributed by atoms with van der Waals surface area (Å²) in [4.78, 5) is 12.1. The van der Waals surface area contributed by atoms with E-state index in [-0.39, 0.29) is 18.6 Å². The van der Waals surface area contributed by atoms with E-state index in [2.05, 4.69) is 10.4 Å². The summed E-state index contributed by atoms with van der Waals surface area (Å²) in [5.41, 5.74) is 1.11. The number of hydrogen-bond acceptors (Lipinski definition) is 4. The SMILES string of the molecule is COc1c(C(=O)NC(C)CCCO)c(C)nn1C. The molecule has 2 N–H and O–H groups in total. The van der Waals surface area contributed by atoms with Crippen LogP contribution < -0.4 is 10.1 Å². The van der Waals surface area contributed by atoms with Gasteiger partial charge in [0.15, 0.2) is 0 Å². The molecule has 1 unspecified atom stereocenters. The standard InChI is InChI=1S/C12H21N3O3/c1-8(6-5-7-16)13-11(17)10-9(2)14-15(3)12(10)18-4/h8,16H,5-7H2,1-4H3,(H,13,17). The van der Waals surface area contributed by atoms with Gasteiger partial charge in [0.25, 0.3) is 5.91 Å². The number of aryl methyl sites for hydroxylation is 2. The second-order valence-corrected chi connectivity index (χ2v) is 4.33. The molecule has 0 saturated carbocycles. The number of nitrogens with one attached hydrogen (secondary N) is 1. The third kappa shape index (κ3) is 3.22. The van der Waals surface area contributed by atoms with Gasteiger partial charge in [-0.25, -0.2) is 4.68 Å². The smallest absolute Gasteiger partial charge is 0.258 e. The van der Waals surface area contributed by atoms with Gasteiger partial charge >= 0.3 is 0 Å². The average molecular weight is 255 g/mol. The summed E-state index contributed by atoms with van der Waals surface area (Å²) >= 11 is 0. The molecule has 6 heteroatoms. The van der Waals surface area contributed by atoms with Gasteiger partial charge in [-0.2, -0.15) is 5.10 Å². The monoisotopic (exact) mass is 255 g/mol. The van der Waals surface area contributed by atoms with Crippen molar-refractivity contribution >= 4 is 5.91 Å². The molecule has 0 aliphatic heterocycles. The summed E-state index contributed by atoms with van der Waals surface area (Å²) in [5.74, 6) is 0.266. The van der Waals surface area contributed by atoms with Gasteiger partial charge in [0, 0.05) is 19.7 Å². The van der Waals surface area contributed by atoms with E-state index in [1.807, 2.05) is 6.92 Å². The van der Waals surface area contributed by atoms with Crippen LogP contribution in [0.25, 0.3) is 0 Å². The predicted molar refractivity (Wildman–Crippen MR) is 67.7 cm³/mol. The van der Waals surface area contributed by atoms with Crippen molar-refractivity contribution in [2.75, 3.05) is 13.7 Å². The second-order valence-electron chi connectivity index (χ2n) is 4.33. The Labute approximate surface area is 107 Å². The largest absolute Gasteiger partial charge is 0.481 e. The van der Waals surface area contributed by atoms with Gasteiger partial charge < -0.3 is 15.2 Å². The van der Waals surface area contributed by atoms with E-state index in [0.29, 0.717) is 23.6 Å². The number of methoxy groups -OCH3 is 1. The van der Waals surface area contributed by atoms with Gasteiger partial charge in [-0.05, 0) is 26.7 Å². The Morgan fingerprint density at radius 2 is 2.28 bits per heavy atom. The molecule has 1 aromatic rings. The average Bonchev–Trinajstić information content (AvgIpc) is 2.60. The highest BCUT2D eigenvalue weighted by atomic mass is 16.5. The molecule has 102 valence electrons. The number of carbonyl (C=O) groups excluding carboxylic acids is 1. The van der Waals surface area contributed by atoms with Crippen LogP contribution in [0, 0.1) is 6.92 Å². The molecule has 1 rings (SSSR count). The summed E-state index contributed by atoms with van der Waals surface area (Å²) in [7, 11) is 3.25. The lowest BCUT2D eigenvalue weighted by atomic mass is 10.1. The minimum Gasteiger partial charge on any atom is -0.481 e. The number of aliphatic hydroxyl groups is 1. The Morgan fingerprint density at radius 3 is 2.83 bits per heavy atom. The molecule has 1 amide bonds. The van der Waals surface area contributed by atoms with E-state index in [4.69, 9.17) is 9.84 Å². The predicted octanol–water partition coefficient (Wildman–Crippen LogP) is 0.628. The summed E-state index contributed by atoms with van der Waals surface area (Å²) < 4.78 is 6.72. The van der Waals surface area contributed by atoms with Crippen LogP contribution >= 0.6 is 0 Å². The van der Waals surface area contributed by atoms with E-state index in [0.717, 1.165) is 6.42 Å². The van der Waals surface area contributed by atoms with Crippen molar-refractivity contribution in [3.63, 3.8) is 0 Å². The second kappa shape index (κ2) is 6.39. The zero-order valence-electron chi connectivity index (χ0n) is 11.4. The molecule has 1 heterocycles. The molecule has 1 aromatic heterocycles. The lowest BCUT2D eigenvalue weighted by Gasteiger charge is -2.13. The van der Waals surface area contributed by atoms with E-state index >= 15 is 0 Å². The first-order chi connectivity index (χ1) is 8.51. The third-order valence-electron chi connectivity index (χ3n) is 2.76. The molecule has 0 radical (unpaired) electrons. The Kier molecular flexibility index (Phi) is 5.15. The number of nitrogens with zero attached hydrogens (tertiary/aromatic N) is 2. The van der Waals surface area contributed by atoms with E-state index in [9.17, 15) is 4.79 Å². The summed E-state index contributed by atoms with van der Waals surface area (Å²) in [6, 6.07) is 0.00830. The minimum absolute atomic E-state index is 0.00830. The molecule has 0 saturated heterocycles. The number of aliphatic hydroxyl groups excluding tert-OH is 1. The van der Waals surface area contributed by atoms with Gasteiger partial charge in [-0.15, -0.1) is 0 Å². The highest BCUT2D eigenvalue weighted by molar-refractivity contribution is 5.97. The molecule has 0 aliphatic carbocycles. The lowest BCUT2D eigenvalue weighted by molar-refractivity contribution is 0.0932. The Morgan fingerprint density at radius 1 is 1.61 bits per heavy atom. The molecule has 0 aromatic carbocycles. The third-order valence-corrected chi connectivity index (χ3v) is 2.76. The number of carbonyl (C=O) groups is 1. The van der Waals surface area contributed by atoms with Crippen LogP contribution in [-0.4, -0.2) is 40.6 Å². The van der Waals surface area contributed by atoms with Gasteiger partial charge in [-0.1, -0.05) is 0 Å². The zero-order chi connectivity index (χ0) is 13.7. The molecule has 0 fully saturated rings. The van der Waals surface area contributed by atoms with Crippen molar-refractivity contribution in [3.05, 3.63) is 11.3 Å². The fourth-order valence-corrected chi connectivity index (χ4v) is 1.90. The van der Waals surface area contributed by atoms with Crippen molar-refractivity contribution < 1.29 is 14.6 Å². The fourth-order valence-electron chi connectivity index (χ4n) is 1.90. The normalized spacial score (nSPS) is 12.3. The number of hydrogen-bond donors (Lipinski definition) is 2. The Bertz CT molecular complexity index is 415. The first-order valence-corrected chi connectivity index (χ1v) is 6.00. The van der Waals surface area contributed by atoms with Crippen LogP contribution in [0.15, 0.2) is 0 Å². The number of amides is 1. The topological polar surface area (TPSA) is 76.4 Å². The number of aromatic nitrogens is 2. The summed E-state index contributed by atoms with van der Waals surface area (Å²) in [6.45, 7) is 3.82. The zero-order valence-corrected chi connectivity index (χ0v) is 11.4. The maximum Gasteiger partial charge on any atom is 0.258 e. The van der Waals surface area contributed by atoms with Crippen molar-refractivity contribution in [1.82, 2.24) is 15.1 Å². The molecule has 0 bridgehead atoms. The van der Waals surface area contributed by atoms with Gasteiger partial charge in [0.2, 0.25) is 5.88 Å². The maximum absolute atomic E-state index is 12.1. The molecule has 0 spiro atoms. The van der Waals surface area contributed by atoms with E-state index < -0.39 is 0 Å². The van der Waals surface area contributed by atoms with Crippen LogP contribution in [0.5, 0.6) is 5.88 Å². The number of rotatable bonds is 6. The Hall–Kier alpha value is -1.56. The van der Waals surface area contributed by atoms with Crippen LogP contribution in [0.4, 0.5) is 0 Å². The quantitative estimate of drug-likeness (QED) is 0.781. The molecular weight excluding hydrogens is 234 g/mol. The van der Waals surface area contributed by atoms with Crippen molar-refractivity contribution in [3.8, 4) is 5.88 Å². The molecule has 18 heavy (non-hydrogen) atoms. The minimum atomic E-state index is -0.192. The summed E-state index contributed by atoms with van der Waals surface area (Å²) in [6.07, 6.45) is 1.41.